The average molecular weight is 436 g/mol. The van der Waals surface area contributed by atoms with E-state index in [1.165, 1.54) is 29.2 Å². The highest BCUT2D eigenvalue weighted by Gasteiger charge is 2.30. The monoisotopic (exact) mass is 436 g/mol. The van der Waals surface area contributed by atoms with E-state index in [1.807, 2.05) is 0 Å². The van der Waals surface area contributed by atoms with Crippen molar-refractivity contribution in [2.24, 2.45) is 5.73 Å². The topological polar surface area (TPSA) is 148 Å². The van der Waals surface area contributed by atoms with Crippen LogP contribution in [0.3, 0.4) is 0 Å². The van der Waals surface area contributed by atoms with Gasteiger partial charge in [-0.15, -0.1) is 0 Å². The number of primary amides is 1. The number of nitrogens with zero attached hydrogens (tertiary/aromatic N) is 3. The number of carboxylic acid groups (broad SMARTS) is 2. The van der Waals surface area contributed by atoms with Crippen molar-refractivity contribution in [2.45, 2.75) is 13.1 Å². The molecule has 0 aliphatic carbocycles. The maximum Gasteiger partial charge on any atom is 0.417 e. The Morgan fingerprint density at radius 1 is 0.968 bits per heavy atom. The Morgan fingerprint density at radius 3 is 1.94 bits per heavy atom. The summed E-state index contributed by atoms with van der Waals surface area (Å²) in [4.78, 5) is 35.5. The predicted molar refractivity (Wildman–Crippen MR) is 100.0 cm³/mol. The van der Waals surface area contributed by atoms with E-state index in [2.05, 4.69) is 10.1 Å². The zero-order valence-electron chi connectivity index (χ0n) is 15.8. The van der Waals surface area contributed by atoms with Gasteiger partial charge in [-0.2, -0.15) is 18.3 Å². The maximum atomic E-state index is 12.3. The van der Waals surface area contributed by atoms with Crippen LogP contribution in [0.2, 0.25) is 0 Å². The lowest BCUT2D eigenvalue weighted by molar-refractivity contribution is -0.137. The average Bonchev–Trinajstić information content (AvgIpc) is 3.18. The van der Waals surface area contributed by atoms with E-state index >= 15 is 0 Å². The molecule has 4 N–H and O–H groups in total. The van der Waals surface area contributed by atoms with Crippen LogP contribution in [0.25, 0.3) is 5.82 Å². The SMILES string of the molecule is Cc1cc(C(=O)O)cc(C(=O)O)c1.NC(=O)c1cnn(-c2ccc(C(F)(F)F)cn2)c1. The number of hydrogen-bond donors (Lipinski definition) is 3. The molecule has 0 aliphatic rings. The van der Waals surface area contributed by atoms with Crippen molar-refractivity contribution in [1.29, 1.82) is 0 Å². The number of aryl methyl sites for hydroxylation is 1. The minimum absolute atomic E-state index is 0.00241. The molecule has 0 aliphatic heterocycles. The van der Waals surface area contributed by atoms with Gasteiger partial charge >= 0.3 is 18.1 Å². The number of pyridine rings is 1. The minimum atomic E-state index is -4.44. The molecule has 0 atom stereocenters. The fourth-order valence-corrected chi connectivity index (χ4v) is 2.29. The maximum absolute atomic E-state index is 12.3. The number of aromatic nitrogens is 3. The number of amides is 1. The van der Waals surface area contributed by atoms with Crippen LogP contribution in [0.15, 0.2) is 48.9 Å². The lowest BCUT2D eigenvalue weighted by Crippen LogP contribution is -2.09. The second-order valence-electron chi connectivity index (χ2n) is 6.14. The molecule has 0 saturated carbocycles. The van der Waals surface area contributed by atoms with E-state index in [4.69, 9.17) is 15.9 Å². The van der Waals surface area contributed by atoms with Crippen molar-refractivity contribution in [1.82, 2.24) is 14.8 Å². The second kappa shape index (κ2) is 9.07. The Balaban J connectivity index is 0.000000233. The number of alkyl halides is 3. The highest BCUT2D eigenvalue weighted by molar-refractivity contribution is 5.94. The van der Waals surface area contributed by atoms with Gasteiger partial charge in [0.25, 0.3) is 5.91 Å². The van der Waals surface area contributed by atoms with E-state index in [0.717, 1.165) is 18.2 Å². The third-order valence-electron chi connectivity index (χ3n) is 3.75. The third kappa shape index (κ3) is 6.13. The predicted octanol–water partition coefficient (Wildman–Crippen LogP) is 2.78. The summed E-state index contributed by atoms with van der Waals surface area (Å²) in [6.45, 7) is 1.65. The number of halogens is 3. The van der Waals surface area contributed by atoms with Gasteiger partial charge in [-0.1, -0.05) is 0 Å². The van der Waals surface area contributed by atoms with Crippen molar-refractivity contribution < 1.29 is 37.8 Å². The summed E-state index contributed by atoms with van der Waals surface area (Å²) < 4.78 is 38.1. The normalized spacial score (nSPS) is 10.7. The van der Waals surface area contributed by atoms with E-state index in [1.54, 1.807) is 6.92 Å². The third-order valence-corrected chi connectivity index (χ3v) is 3.75. The first-order valence-electron chi connectivity index (χ1n) is 8.35. The summed E-state index contributed by atoms with van der Waals surface area (Å²) in [5.74, 6) is -2.75. The molecule has 162 valence electrons. The van der Waals surface area contributed by atoms with Crippen LogP contribution in [-0.4, -0.2) is 42.8 Å². The molecule has 0 radical (unpaired) electrons. The van der Waals surface area contributed by atoms with Crippen LogP contribution in [0.5, 0.6) is 0 Å². The second-order valence-corrected chi connectivity index (χ2v) is 6.14. The largest absolute Gasteiger partial charge is 0.478 e. The number of carbonyl (C=O) groups is 3. The van der Waals surface area contributed by atoms with Gasteiger partial charge in [0.05, 0.1) is 28.5 Å². The number of carboxylic acids is 2. The minimum Gasteiger partial charge on any atom is -0.478 e. The zero-order valence-corrected chi connectivity index (χ0v) is 15.8. The molecule has 3 aromatic rings. The van der Waals surface area contributed by atoms with Crippen molar-refractivity contribution in [3.05, 3.63) is 76.7 Å². The molecule has 0 spiro atoms. The van der Waals surface area contributed by atoms with Crippen LogP contribution in [0.4, 0.5) is 13.2 Å². The van der Waals surface area contributed by atoms with E-state index < -0.39 is 29.6 Å². The highest BCUT2D eigenvalue weighted by Crippen LogP contribution is 2.28. The number of carbonyl (C=O) groups excluding carboxylic acids is 1. The molecule has 1 aromatic carbocycles. The lowest BCUT2D eigenvalue weighted by atomic mass is 10.1. The van der Waals surface area contributed by atoms with Crippen LogP contribution in [0.1, 0.15) is 42.2 Å². The van der Waals surface area contributed by atoms with Crippen molar-refractivity contribution in [2.75, 3.05) is 0 Å². The number of aromatic carboxylic acids is 2. The van der Waals surface area contributed by atoms with Crippen LogP contribution < -0.4 is 5.73 Å². The van der Waals surface area contributed by atoms with Gasteiger partial charge in [-0.25, -0.2) is 19.3 Å². The van der Waals surface area contributed by atoms with E-state index in [9.17, 15) is 27.6 Å². The quantitative estimate of drug-likeness (QED) is 0.569. The summed E-state index contributed by atoms with van der Waals surface area (Å²) >= 11 is 0. The molecule has 9 nitrogen and oxygen atoms in total. The first-order chi connectivity index (χ1) is 14.4. The molecule has 3 rings (SSSR count). The first kappa shape index (κ1) is 23.1. The molecule has 12 heteroatoms. The smallest absolute Gasteiger partial charge is 0.417 e. The van der Waals surface area contributed by atoms with Crippen LogP contribution in [-0.2, 0) is 6.18 Å². The molecule has 0 bridgehead atoms. The Kier molecular flexibility index (Phi) is 6.75. The number of rotatable bonds is 4. The summed E-state index contributed by atoms with van der Waals surface area (Å²) in [6.07, 6.45) is -1.24. The molecule has 0 fully saturated rings. The van der Waals surface area contributed by atoms with Gasteiger partial charge in [0.2, 0.25) is 0 Å². The Morgan fingerprint density at radius 2 is 1.55 bits per heavy atom. The van der Waals surface area contributed by atoms with Gasteiger partial charge < -0.3 is 15.9 Å². The molecule has 2 aromatic heterocycles. The zero-order chi connectivity index (χ0) is 23.3. The summed E-state index contributed by atoms with van der Waals surface area (Å²) in [5.41, 5.74) is 4.94. The molecule has 2 heterocycles. The van der Waals surface area contributed by atoms with Gasteiger partial charge in [0.15, 0.2) is 5.82 Å². The molecular weight excluding hydrogens is 421 g/mol. The fourth-order valence-electron chi connectivity index (χ4n) is 2.29. The van der Waals surface area contributed by atoms with Crippen molar-refractivity contribution in [3.8, 4) is 5.82 Å². The number of benzene rings is 1. The summed E-state index contributed by atoms with van der Waals surface area (Å²) in [5, 5.41) is 21.0. The molecule has 1 amide bonds. The molecule has 31 heavy (non-hydrogen) atoms. The summed E-state index contributed by atoms with van der Waals surface area (Å²) in [7, 11) is 0. The van der Waals surface area contributed by atoms with Crippen molar-refractivity contribution >= 4 is 17.8 Å². The molecular formula is C19H15F3N4O5. The van der Waals surface area contributed by atoms with Gasteiger partial charge in [0.1, 0.15) is 0 Å². The van der Waals surface area contributed by atoms with Gasteiger partial charge in [-0.05, 0) is 42.8 Å². The summed E-state index contributed by atoms with van der Waals surface area (Å²) in [6, 6.07) is 6.02. The molecule has 0 unspecified atom stereocenters. The highest BCUT2D eigenvalue weighted by atomic mass is 19.4. The number of nitrogens with two attached hydrogens (primary N) is 1. The fraction of sp³-hybridized carbons (Fsp3) is 0.105. The van der Waals surface area contributed by atoms with Gasteiger partial charge in [-0.3, -0.25) is 4.79 Å². The van der Waals surface area contributed by atoms with E-state index in [-0.39, 0.29) is 22.5 Å². The van der Waals surface area contributed by atoms with E-state index in [0.29, 0.717) is 11.8 Å². The Labute approximate surface area is 172 Å². The van der Waals surface area contributed by atoms with Crippen molar-refractivity contribution in [3.63, 3.8) is 0 Å². The number of hydrogen-bond acceptors (Lipinski definition) is 5. The van der Waals surface area contributed by atoms with Crippen LogP contribution >= 0.6 is 0 Å². The standard InChI is InChI=1S/C10H7F3N4O.C9H8O4/c11-10(12,13)7-1-2-8(15-4-7)17-5-6(3-16-17)9(14)18;1-5-2-6(8(10)11)4-7(3-5)9(12)13/h1-5H,(H2,14,18);2-4H,1H3,(H,10,11)(H,12,13). The van der Waals surface area contributed by atoms with Gasteiger partial charge in [0, 0.05) is 12.4 Å². The Hall–Kier alpha value is -4.22. The lowest BCUT2D eigenvalue weighted by Gasteiger charge is -2.06. The first-order valence-corrected chi connectivity index (χ1v) is 8.35. The molecule has 0 saturated heterocycles. The Bertz CT molecular complexity index is 1090. The van der Waals surface area contributed by atoms with Crippen LogP contribution in [0, 0.1) is 6.92 Å².